The number of hydrogen-bond acceptors (Lipinski definition) is 2. The number of thiol groups is 1. The molecule has 48 valence electrons. The van der Waals surface area contributed by atoms with Gasteiger partial charge in [-0.2, -0.15) is 12.6 Å². The van der Waals surface area contributed by atoms with Crippen molar-refractivity contribution in [2.75, 3.05) is 18.8 Å². The highest BCUT2D eigenvalue weighted by molar-refractivity contribution is 7.80. The van der Waals surface area contributed by atoms with Crippen LogP contribution in [0.25, 0.3) is 0 Å². The second-order valence-electron chi connectivity index (χ2n) is 1.57. The van der Waals surface area contributed by atoms with E-state index in [1.165, 1.54) is 0 Å². The molecule has 0 fully saturated rings. The van der Waals surface area contributed by atoms with Crippen molar-refractivity contribution in [1.29, 1.82) is 0 Å². The normalized spacial score (nSPS) is 9.12. The molecule has 1 nitrogen and oxygen atoms in total. The molecule has 0 saturated carbocycles. The van der Waals surface area contributed by atoms with Gasteiger partial charge in [-0.3, -0.25) is 0 Å². The third-order valence-electron chi connectivity index (χ3n) is 0.800. The zero-order valence-corrected chi connectivity index (χ0v) is 5.95. The fourth-order valence-electron chi connectivity index (χ4n) is 0.408. The molecule has 0 aromatic heterocycles. The lowest BCUT2D eigenvalue weighted by Crippen LogP contribution is -2.14. The fourth-order valence-corrected chi connectivity index (χ4v) is 0.566. The van der Waals surface area contributed by atoms with Crippen LogP contribution in [0.1, 0.15) is 6.42 Å². The first kappa shape index (κ1) is 8.05. The first-order valence-corrected chi connectivity index (χ1v) is 3.47. The lowest BCUT2D eigenvalue weighted by Gasteiger charge is -1.95. The Morgan fingerprint density at radius 2 is 2.38 bits per heavy atom. The average Bonchev–Trinajstić information content (AvgIpc) is 1.81. The molecule has 0 unspecified atom stereocenters. The van der Waals surface area contributed by atoms with Gasteiger partial charge in [-0.1, -0.05) is 6.08 Å². The summed E-state index contributed by atoms with van der Waals surface area (Å²) in [4.78, 5) is 0. The first-order valence-electron chi connectivity index (χ1n) is 2.84. The molecule has 2 heteroatoms. The largest absolute Gasteiger partial charge is 0.313 e. The molecule has 0 aliphatic carbocycles. The minimum atomic E-state index is 0.910. The molecular weight excluding hydrogens is 118 g/mol. The van der Waals surface area contributed by atoms with Crippen LogP contribution in [0.5, 0.6) is 0 Å². The summed E-state index contributed by atoms with van der Waals surface area (Å²) in [7, 11) is 0. The van der Waals surface area contributed by atoms with Crippen LogP contribution in [0.2, 0.25) is 0 Å². The van der Waals surface area contributed by atoms with E-state index in [9.17, 15) is 0 Å². The highest BCUT2D eigenvalue weighted by atomic mass is 32.1. The van der Waals surface area contributed by atoms with E-state index >= 15 is 0 Å². The Hall–Kier alpha value is 0.0500. The van der Waals surface area contributed by atoms with Crippen LogP contribution in [0.4, 0.5) is 0 Å². The monoisotopic (exact) mass is 131 g/mol. The second-order valence-corrected chi connectivity index (χ2v) is 2.02. The summed E-state index contributed by atoms with van der Waals surface area (Å²) in [6.45, 7) is 5.54. The fraction of sp³-hybridized carbons (Fsp3) is 0.667. The molecule has 0 saturated heterocycles. The summed E-state index contributed by atoms with van der Waals surface area (Å²) in [5.74, 6) is 0.962. The SMILES string of the molecule is C=CCNCCCS. The van der Waals surface area contributed by atoms with Crippen molar-refractivity contribution in [3.05, 3.63) is 12.7 Å². The molecule has 0 aliphatic rings. The molecular formula is C6H13NS. The van der Waals surface area contributed by atoms with Crippen LogP contribution in [0.15, 0.2) is 12.7 Å². The van der Waals surface area contributed by atoms with Gasteiger partial charge >= 0.3 is 0 Å². The van der Waals surface area contributed by atoms with Gasteiger partial charge in [-0.25, -0.2) is 0 Å². The summed E-state index contributed by atoms with van der Waals surface area (Å²) in [6.07, 6.45) is 3.00. The topological polar surface area (TPSA) is 12.0 Å². The summed E-state index contributed by atoms with van der Waals surface area (Å²) >= 11 is 4.06. The van der Waals surface area contributed by atoms with Crippen molar-refractivity contribution in [2.24, 2.45) is 0 Å². The van der Waals surface area contributed by atoms with Crippen LogP contribution in [0.3, 0.4) is 0 Å². The second kappa shape index (κ2) is 7.05. The lowest BCUT2D eigenvalue weighted by atomic mass is 10.5. The Balaban J connectivity index is 2.62. The highest BCUT2D eigenvalue weighted by Crippen LogP contribution is 1.78. The van der Waals surface area contributed by atoms with Gasteiger partial charge in [0.1, 0.15) is 0 Å². The molecule has 0 spiro atoms. The molecule has 0 aromatic rings. The van der Waals surface area contributed by atoms with Gasteiger partial charge in [0.2, 0.25) is 0 Å². The maximum Gasteiger partial charge on any atom is 0.0132 e. The van der Waals surface area contributed by atoms with Gasteiger partial charge in [0.15, 0.2) is 0 Å². The lowest BCUT2D eigenvalue weighted by molar-refractivity contribution is 0.735. The number of hydrogen-bond donors (Lipinski definition) is 2. The van der Waals surface area contributed by atoms with Crippen molar-refractivity contribution in [3.63, 3.8) is 0 Å². The molecule has 0 aromatic carbocycles. The molecule has 0 radical (unpaired) electrons. The van der Waals surface area contributed by atoms with Crippen LogP contribution >= 0.6 is 12.6 Å². The van der Waals surface area contributed by atoms with Crippen molar-refractivity contribution < 1.29 is 0 Å². The summed E-state index contributed by atoms with van der Waals surface area (Å²) in [5, 5.41) is 3.17. The third-order valence-corrected chi connectivity index (χ3v) is 1.12. The zero-order chi connectivity index (χ0) is 6.24. The Kier molecular flexibility index (Phi) is 7.09. The minimum Gasteiger partial charge on any atom is -0.313 e. The van der Waals surface area contributed by atoms with E-state index < -0.39 is 0 Å². The van der Waals surface area contributed by atoms with Crippen molar-refractivity contribution in [3.8, 4) is 0 Å². The maximum absolute atomic E-state index is 4.06. The van der Waals surface area contributed by atoms with Gasteiger partial charge in [-0.05, 0) is 18.7 Å². The quantitative estimate of drug-likeness (QED) is 0.323. The van der Waals surface area contributed by atoms with Crippen LogP contribution in [-0.4, -0.2) is 18.8 Å². The van der Waals surface area contributed by atoms with Crippen LogP contribution in [-0.2, 0) is 0 Å². The molecule has 0 heterocycles. The van der Waals surface area contributed by atoms with Crippen molar-refractivity contribution in [1.82, 2.24) is 5.32 Å². The van der Waals surface area contributed by atoms with Crippen LogP contribution in [0, 0.1) is 0 Å². The van der Waals surface area contributed by atoms with Crippen molar-refractivity contribution in [2.45, 2.75) is 6.42 Å². The standard InChI is InChI=1S/C6H13NS/c1-2-4-7-5-3-6-8/h2,7-8H,1,3-6H2. The van der Waals surface area contributed by atoms with Gasteiger partial charge in [-0.15, -0.1) is 6.58 Å². The minimum absolute atomic E-state index is 0.910. The summed E-state index contributed by atoms with van der Waals surface area (Å²) in [5.41, 5.74) is 0. The van der Waals surface area contributed by atoms with Gasteiger partial charge < -0.3 is 5.32 Å². The Labute approximate surface area is 56.6 Å². The zero-order valence-electron chi connectivity index (χ0n) is 5.06. The highest BCUT2D eigenvalue weighted by Gasteiger charge is 1.79. The van der Waals surface area contributed by atoms with E-state index in [1.54, 1.807) is 0 Å². The Morgan fingerprint density at radius 3 is 2.88 bits per heavy atom. The molecule has 0 bridgehead atoms. The van der Waals surface area contributed by atoms with E-state index in [4.69, 9.17) is 0 Å². The maximum atomic E-state index is 4.06. The Morgan fingerprint density at radius 1 is 1.62 bits per heavy atom. The summed E-state index contributed by atoms with van der Waals surface area (Å²) in [6, 6.07) is 0. The average molecular weight is 131 g/mol. The van der Waals surface area contributed by atoms with E-state index in [0.29, 0.717) is 0 Å². The Bertz CT molecular complexity index is 54.5. The molecule has 8 heavy (non-hydrogen) atoms. The van der Waals surface area contributed by atoms with E-state index in [1.807, 2.05) is 6.08 Å². The predicted octanol–water partition coefficient (Wildman–Crippen LogP) is 1.08. The molecule has 0 amide bonds. The molecule has 0 aliphatic heterocycles. The van der Waals surface area contributed by atoms with Crippen molar-refractivity contribution >= 4 is 12.6 Å². The van der Waals surface area contributed by atoms with Gasteiger partial charge in [0.25, 0.3) is 0 Å². The molecule has 0 rings (SSSR count). The summed E-state index contributed by atoms with van der Waals surface area (Å²) < 4.78 is 0. The smallest absolute Gasteiger partial charge is 0.0132 e. The third kappa shape index (κ3) is 6.05. The van der Waals surface area contributed by atoms with E-state index in [2.05, 4.69) is 24.5 Å². The first-order chi connectivity index (χ1) is 3.91. The van der Waals surface area contributed by atoms with E-state index in [-0.39, 0.29) is 0 Å². The molecule has 0 atom stereocenters. The van der Waals surface area contributed by atoms with Crippen LogP contribution < -0.4 is 5.32 Å². The number of nitrogens with one attached hydrogen (secondary N) is 1. The van der Waals surface area contributed by atoms with E-state index in [0.717, 1.165) is 25.3 Å². The molecule has 1 N–H and O–H groups in total. The van der Waals surface area contributed by atoms with Gasteiger partial charge in [0, 0.05) is 6.54 Å². The predicted molar refractivity (Wildman–Crippen MR) is 41.5 cm³/mol. The van der Waals surface area contributed by atoms with Gasteiger partial charge in [0.05, 0.1) is 0 Å². The number of rotatable bonds is 5.